The Morgan fingerprint density at radius 3 is 2.56 bits per heavy atom. The fourth-order valence-corrected chi connectivity index (χ4v) is 6.42. The summed E-state index contributed by atoms with van der Waals surface area (Å²) >= 11 is 3.45. The predicted molar refractivity (Wildman–Crippen MR) is 134 cm³/mol. The van der Waals surface area contributed by atoms with Gasteiger partial charge in [-0.2, -0.15) is 0 Å². The van der Waals surface area contributed by atoms with Gasteiger partial charge in [0.2, 0.25) is 0 Å². The molecule has 0 atom stereocenters. The highest BCUT2D eigenvalue weighted by Crippen LogP contribution is 2.42. The van der Waals surface area contributed by atoms with Crippen molar-refractivity contribution in [3.05, 3.63) is 29.4 Å². The summed E-state index contributed by atoms with van der Waals surface area (Å²) < 4.78 is 10.7. The molecule has 2 heterocycles. The summed E-state index contributed by atoms with van der Waals surface area (Å²) in [5, 5.41) is 15.9. The van der Waals surface area contributed by atoms with Crippen molar-refractivity contribution < 1.29 is 24.2 Å². The molecule has 8 nitrogen and oxygen atoms in total. The predicted octanol–water partition coefficient (Wildman–Crippen LogP) is 5.94. The summed E-state index contributed by atoms with van der Waals surface area (Å²) in [7, 11) is 0. The summed E-state index contributed by atoms with van der Waals surface area (Å²) in [6, 6.07) is 5.94. The van der Waals surface area contributed by atoms with Crippen LogP contribution in [0.3, 0.4) is 0 Å². The topological polar surface area (TPSA) is 110 Å². The fourth-order valence-electron chi connectivity index (χ4n) is 4.04. The van der Waals surface area contributed by atoms with Gasteiger partial charge >= 0.3 is 12.2 Å². The molecule has 1 aliphatic carbocycles. The van der Waals surface area contributed by atoms with Crippen molar-refractivity contribution in [1.82, 2.24) is 10.3 Å². The van der Waals surface area contributed by atoms with E-state index >= 15 is 0 Å². The molecule has 10 heteroatoms. The Morgan fingerprint density at radius 2 is 1.94 bits per heavy atom. The molecule has 2 fully saturated rings. The van der Waals surface area contributed by atoms with Crippen LogP contribution in [0.25, 0.3) is 10.4 Å². The molecule has 2 aliphatic rings. The molecule has 3 N–H and O–H groups in total. The van der Waals surface area contributed by atoms with Gasteiger partial charge < -0.3 is 19.9 Å². The highest BCUT2D eigenvalue weighted by molar-refractivity contribution is 8.00. The standard InChI is InChI=1S/C24H31N3O5S2/c1-24(2,3)32-23(30)27-16-8-9-18(19(10-16)33-17-12-31-13-17)20-11-25-21(34-20)14-4-6-15(7-5-14)26-22(28)29/h8-11,14-15,17,26H,4-7,12-13H2,1-3H3,(H,27,30)(H,28,29). The van der Waals surface area contributed by atoms with E-state index in [0.29, 0.717) is 16.9 Å². The van der Waals surface area contributed by atoms with E-state index in [1.807, 2.05) is 45.2 Å². The van der Waals surface area contributed by atoms with Gasteiger partial charge in [0.1, 0.15) is 5.60 Å². The molecule has 4 rings (SSSR count). The maximum atomic E-state index is 12.2. The van der Waals surface area contributed by atoms with E-state index in [1.165, 1.54) is 0 Å². The van der Waals surface area contributed by atoms with E-state index in [-0.39, 0.29) is 6.04 Å². The zero-order valence-electron chi connectivity index (χ0n) is 19.6. The van der Waals surface area contributed by atoms with Crippen molar-refractivity contribution in [2.24, 2.45) is 0 Å². The molecule has 2 aromatic rings. The lowest BCUT2D eigenvalue weighted by molar-refractivity contribution is 0.0455. The lowest BCUT2D eigenvalue weighted by atomic mass is 9.86. The highest BCUT2D eigenvalue weighted by atomic mass is 32.2. The Labute approximate surface area is 207 Å². The number of hydrogen-bond donors (Lipinski definition) is 3. The molecule has 2 amide bonds. The van der Waals surface area contributed by atoms with Crippen LogP contribution in [0, 0.1) is 0 Å². The van der Waals surface area contributed by atoms with E-state index in [9.17, 15) is 9.59 Å². The van der Waals surface area contributed by atoms with E-state index < -0.39 is 17.8 Å². The number of ether oxygens (including phenoxy) is 2. The van der Waals surface area contributed by atoms with E-state index in [0.717, 1.165) is 59.2 Å². The minimum Gasteiger partial charge on any atom is -0.465 e. The molecule has 1 saturated carbocycles. The largest absolute Gasteiger partial charge is 0.465 e. The van der Waals surface area contributed by atoms with Crippen molar-refractivity contribution >= 4 is 41.0 Å². The van der Waals surface area contributed by atoms with Gasteiger partial charge in [-0.3, -0.25) is 5.32 Å². The third kappa shape index (κ3) is 6.64. The molecular formula is C24H31N3O5S2. The summed E-state index contributed by atoms with van der Waals surface area (Å²) in [6.07, 6.45) is 4.02. The summed E-state index contributed by atoms with van der Waals surface area (Å²) in [4.78, 5) is 30.0. The van der Waals surface area contributed by atoms with Crippen molar-refractivity contribution in [1.29, 1.82) is 0 Å². The van der Waals surface area contributed by atoms with Crippen LogP contribution < -0.4 is 10.6 Å². The van der Waals surface area contributed by atoms with Crippen LogP contribution >= 0.6 is 23.1 Å². The number of thiazole rings is 1. The quantitative estimate of drug-likeness (QED) is 0.445. The average Bonchev–Trinajstić information content (AvgIpc) is 3.19. The van der Waals surface area contributed by atoms with Crippen LogP contribution in [-0.4, -0.2) is 52.4 Å². The smallest absolute Gasteiger partial charge is 0.412 e. The second-order valence-corrected chi connectivity index (χ2v) is 12.1. The van der Waals surface area contributed by atoms with Crippen molar-refractivity contribution in [2.75, 3.05) is 18.5 Å². The molecule has 1 saturated heterocycles. The average molecular weight is 506 g/mol. The second-order valence-electron chi connectivity index (χ2n) is 9.68. The van der Waals surface area contributed by atoms with Crippen LogP contribution in [0.15, 0.2) is 29.3 Å². The number of aromatic nitrogens is 1. The maximum Gasteiger partial charge on any atom is 0.412 e. The Balaban J connectivity index is 1.49. The fraction of sp³-hybridized carbons (Fsp3) is 0.542. The number of nitrogens with zero attached hydrogens (tertiary/aromatic N) is 1. The summed E-state index contributed by atoms with van der Waals surface area (Å²) in [5.74, 6) is 0.356. The Morgan fingerprint density at radius 1 is 1.21 bits per heavy atom. The van der Waals surface area contributed by atoms with E-state index in [4.69, 9.17) is 19.6 Å². The third-order valence-corrected chi connectivity index (χ3v) is 8.11. The van der Waals surface area contributed by atoms with E-state index in [2.05, 4.69) is 10.6 Å². The summed E-state index contributed by atoms with van der Waals surface area (Å²) in [5.41, 5.74) is 1.22. The van der Waals surface area contributed by atoms with Crippen LogP contribution in [0.1, 0.15) is 57.4 Å². The van der Waals surface area contributed by atoms with Crippen LogP contribution in [0.5, 0.6) is 0 Å². The first-order valence-electron chi connectivity index (χ1n) is 11.5. The first kappa shape index (κ1) is 24.8. The number of carboxylic acid groups (broad SMARTS) is 1. The van der Waals surface area contributed by atoms with Gasteiger partial charge in [-0.25, -0.2) is 14.6 Å². The van der Waals surface area contributed by atoms with Gasteiger partial charge in [0.15, 0.2) is 0 Å². The number of nitrogens with one attached hydrogen (secondary N) is 2. The van der Waals surface area contributed by atoms with Crippen LogP contribution in [0.2, 0.25) is 0 Å². The normalized spacial score (nSPS) is 20.9. The number of carbonyl (C=O) groups excluding carboxylic acids is 1. The van der Waals surface area contributed by atoms with Gasteiger partial charge in [-0.05, 0) is 58.6 Å². The van der Waals surface area contributed by atoms with Gasteiger partial charge in [0.25, 0.3) is 0 Å². The lowest BCUT2D eigenvalue weighted by Crippen LogP contribution is -2.36. The Hall–Kier alpha value is -2.30. The number of rotatable bonds is 6. The Kier molecular flexibility index (Phi) is 7.69. The first-order chi connectivity index (χ1) is 16.2. The molecule has 0 radical (unpaired) electrons. The first-order valence-corrected chi connectivity index (χ1v) is 13.2. The van der Waals surface area contributed by atoms with Gasteiger partial charge in [-0.1, -0.05) is 6.07 Å². The molecule has 1 aliphatic heterocycles. The third-order valence-electron chi connectivity index (χ3n) is 5.72. The molecule has 0 bridgehead atoms. The number of hydrogen-bond acceptors (Lipinski definition) is 7. The minimum absolute atomic E-state index is 0.0332. The van der Waals surface area contributed by atoms with Gasteiger partial charge in [-0.15, -0.1) is 23.1 Å². The zero-order chi connectivity index (χ0) is 24.3. The zero-order valence-corrected chi connectivity index (χ0v) is 21.3. The molecule has 1 aromatic heterocycles. The number of benzene rings is 1. The monoisotopic (exact) mass is 505 g/mol. The van der Waals surface area contributed by atoms with Crippen molar-refractivity contribution in [2.45, 2.75) is 74.2 Å². The molecule has 0 unspecified atom stereocenters. The van der Waals surface area contributed by atoms with Gasteiger partial charge in [0.05, 0.1) is 28.3 Å². The molecule has 34 heavy (non-hydrogen) atoms. The van der Waals surface area contributed by atoms with Crippen molar-refractivity contribution in [3.63, 3.8) is 0 Å². The molecular weight excluding hydrogens is 474 g/mol. The van der Waals surface area contributed by atoms with Crippen LogP contribution in [0.4, 0.5) is 15.3 Å². The maximum absolute atomic E-state index is 12.2. The highest BCUT2D eigenvalue weighted by Gasteiger charge is 2.27. The second kappa shape index (κ2) is 10.5. The number of carbonyl (C=O) groups is 2. The number of amides is 2. The molecule has 0 spiro atoms. The SMILES string of the molecule is CC(C)(C)OC(=O)Nc1ccc(-c2cnc(C3CCC(NC(=O)O)CC3)s2)c(SC2COC2)c1. The van der Waals surface area contributed by atoms with Crippen molar-refractivity contribution in [3.8, 4) is 10.4 Å². The van der Waals surface area contributed by atoms with Crippen LogP contribution in [-0.2, 0) is 9.47 Å². The minimum atomic E-state index is -0.952. The lowest BCUT2D eigenvalue weighted by Gasteiger charge is -2.27. The molecule has 1 aromatic carbocycles. The molecule has 184 valence electrons. The summed E-state index contributed by atoms with van der Waals surface area (Å²) in [6.45, 7) is 6.95. The number of thioether (sulfide) groups is 1. The number of anilines is 1. The Bertz CT molecular complexity index is 1020. The van der Waals surface area contributed by atoms with E-state index in [1.54, 1.807) is 23.1 Å². The van der Waals surface area contributed by atoms with Gasteiger partial charge in [0, 0.05) is 34.3 Å².